The van der Waals surface area contributed by atoms with Crippen molar-refractivity contribution in [3.8, 4) is 0 Å². The molecule has 1 atom stereocenters. The molecule has 1 aromatic rings. The lowest BCUT2D eigenvalue weighted by Gasteiger charge is -2.35. The van der Waals surface area contributed by atoms with Crippen LogP contribution in [0.1, 0.15) is 31.9 Å². The van der Waals surface area contributed by atoms with Crippen LogP contribution < -0.4 is 0 Å². The second-order valence-electron chi connectivity index (χ2n) is 5.39. The summed E-state index contributed by atoms with van der Waals surface area (Å²) >= 11 is 0. The van der Waals surface area contributed by atoms with E-state index in [1.807, 2.05) is 0 Å². The van der Waals surface area contributed by atoms with Gasteiger partial charge in [-0.05, 0) is 43.5 Å². The molecule has 0 saturated carbocycles. The van der Waals surface area contributed by atoms with Gasteiger partial charge in [0.05, 0.1) is 0 Å². The Morgan fingerprint density at radius 2 is 1.56 bits per heavy atom. The zero-order chi connectivity index (χ0) is 12.8. The average molecular weight is 234 g/mol. The van der Waals surface area contributed by atoms with Crippen molar-refractivity contribution in [3.05, 3.63) is 70.3 Å². The van der Waals surface area contributed by atoms with Crippen molar-refractivity contribution in [1.82, 2.24) is 0 Å². The van der Waals surface area contributed by atoms with Gasteiger partial charge in [0, 0.05) is 5.41 Å². The number of allylic oxidation sites excluding steroid dienone is 6. The normalized spacial score (nSPS) is 25.4. The fourth-order valence-electron chi connectivity index (χ4n) is 2.91. The highest BCUT2D eigenvalue weighted by atomic mass is 14.4. The second kappa shape index (κ2) is 3.84. The Bertz CT molecular complexity index is 623. The topological polar surface area (TPSA) is 0 Å². The van der Waals surface area contributed by atoms with Crippen LogP contribution in [0.15, 0.2) is 59.2 Å². The van der Waals surface area contributed by atoms with Gasteiger partial charge in [-0.25, -0.2) is 0 Å². The number of benzene rings is 1. The molecule has 0 saturated heterocycles. The number of rotatable bonds is 0. The van der Waals surface area contributed by atoms with Crippen LogP contribution in [0.5, 0.6) is 0 Å². The third-order valence-electron chi connectivity index (χ3n) is 4.46. The van der Waals surface area contributed by atoms with Crippen LogP contribution in [0.4, 0.5) is 0 Å². The lowest BCUT2D eigenvalue weighted by atomic mass is 9.69. The fourth-order valence-corrected chi connectivity index (χ4v) is 2.91. The van der Waals surface area contributed by atoms with E-state index in [9.17, 15) is 0 Å². The first-order valence-electron chi connectivity index (χ1n) is 6.48. The van der Waals surface area contributed by atoms with Crippen LogP contribution in [0.3, 0.4) is 0 Å². The molecule has 0 aliphatic heterocycles. The fraction of sp³-hybridized carbons (Fsp3) is 0.222. The molecule has 1 unspecified atom stereocenters. The van der Waals surface area contributed by atoms with Crippen LogP contribution in [-0.2, 0) is 0 Å². The molecule has 0 bridgehead atoms. The molecule has 0 N–H and O–H groups in total. The maximum atomic E-state index is 2.33. The van der Waals surface area contributed by atoms with Gasteiger partial charge in [-0.15, -0.1) is 0 Å². The van der Waals surface area contributed by atoms with E-state index in [-0.39, 0.29) is 5.41 Å². The summed E-state index contributed by atoms with van der Waals surface area (Å²) in [6, 6.07) is 8.60. The van der Waals surface area contributed by atoms with Crippen molar-refractivity contribution < 1.29 is 0 Å². The van der Waals surface area contributed by atoms with Crippen molar-refractivity contribution in [1.29, 1.82) is 0 Å². The van der Waals surface area contributed by atoms with Crippen molar-refractivity contribution in [3.63, 3.8) is 0 Å². The first kappa shape index (κ1) is 11.3. The van der Waals surface area contributed by atoms with E-state index >= 15 is 0 Å². The van der Waals surface area contributed by atoms with Gasteiger partial charge in [0.1, 0.15) is 0 Å². The minimum Gasteiger partial charge on any atom is -0.0621 e. The zero-order valence-corrected chi connectivity index (χ0v) is 11.2. The predicted molar refractivity (Wildman–Crippen MR) is 79.1 cm³/mol. The summed E-state index contributed by atoms with van der Waals surface area (Å²) in [5, 5.41) is 0. The Morgan fingerprint density at radius 3 is 2.28 bits per heavy atom. The van der Waals surface area contributed by atoms with E-state index in [1.54, 1.807) is 0 Å². The summed E-state index contributed by atoms with van der Waals surface area (Å²) in [5.74, 6) is 0. The molecule has 0 amide bonds. The Balaban J connectivity index is 2.31. The molecule has 18 heavy (non-hydrogen) atoms. The van der Waals surface area contributed by atoms with Gasteiger partial charge < -0.3 is 0 Å². The second-order valence-corrected chi connectivity index (χ2v) is 5.39. The van der Waals surface area contributed by atoms with Crippen LogP contribution in [0.2, 0.25) is 0 Å². The first-order chi connectivity index (χ1) is 8.62. The van der Waals surface area contributed by atoms with Gasteiger partial charge in [0.15, 0.2) is 0 Å². The van der Waals surface area contributed by atoms with Crippen molar-refractivity contribution in [2.75, 3.05) is 0 Å². The van der Waals surface area contributed by atoms with E-state index in [0.717, 1.165) is 0 Å². The lowest BCUT2D eigenvalue weighted by Crippen LogP contribution is -2.22. The van der Waals surface area contributed by atoms with Crippen molar-refractivity contribution in [2.24, 2.45) is 5.41 Å². The highest BCUT2D eigenvalue weighted by Gasteiger charge is 2.34. The molecule has 0 aromatic heterocycles. The molecule has 0 nitrogen and oxygen atoms in total. The van der Waals surface area contributed by atoms with Gasteiger partial charge in [0.2, 0.25) is 0 Å². The Labute approximate surface area is 109 Å². The molecular formula is C18H18. The van der Waals surface area contributed by atoms with Crippen LogP contribution >= 0.6 is 0 Å². The summed E-state index contributed by atoms with van der Waals surface area (Å²) in [4.78, 5) is 0. The maximum absolute atomic E-state index is 2.33. The minimum atomic E-state index is 0.0494. The SMILES string of the molecule is CC1=CC=CC2=Cc3ccccc3C=C(C)C12C. The van der Waals surface area contributed by atoms with Crippen LogP contribution in [0, 0.1) is 5.41 Å². The quantitative estimate of drug-likeness (QED) is 0.592. The summed E-state index contributed by atoms with van der Waals surface area (Å²) in [7, 11) is 0. The van der Waals surface area contributed by atoms with Gasteiger partial charge >= 0.3 is 0 Å². The molecule has 0 spiro atoms. The van der Waals surface area contributed by atoms with E-state index < -0.39 is 0 Å². The predicted octanol–water partition coefficient (Wildman–Crippen LogP) is 5.01. The molecule has 0 fully saturated rings. The van der Waals surface area contributed by atoms with Gasteiger partial charge in [-0.1, -0.05) is 59.7 Å². The summed E-state index contributed by atoms with van der Waals surface area (Å²) in [6.07, 6.45) is 11.3. The van der Waals surface area contributed by atoms with Gasteiger partial charge in [-0.3, -0.25) is 0 Å². The van der Waals surface area contributed by atoms with Gasteiger partial charge in [-0.2, -0.15) is 0 Å². The number of fused-ring (bicyclic) bond motifs is 2. The average Bonchev–Trinajstić information content (AvgIpc) is 2.47. The van der Waals surface area contributed by atoms with Crippen LogP contribution in [0.25, 0.3) is 12.2 Å². The Hall–Kier alpha value is -1.82. The van der Waals surface area contributed by atoms with E-state index in [4.69, 9.17) is 0 Å². The highest BCUT2D eigenvalue weighted by Crippen LogP contribution is 2.47. The number of hydrogen-bond acceptors (Lipinski definition) is 0. The van der Waals surface area contributed by atoms with Crippen LogP contribution in [-0.4, -0.2) is 0 Å². The van der Waals surface area contributed by atoms with E-state index in [2.05, 4.69) is 75.4 Å². The first-order valence-corrected chi connectivity index (χ1v) is 6.48. The van der Waals surface area contributed by atoms with E-state index in [1.165, 1.54) is 27.8 Å². The summed E-state index contributed by atoms with van der Waals surface area (Å²) in [6.45, 7) is 6.79. The molecule has 2 aliphatic rings. The highest BCUT2D eigenvalue weighted by molar-refractivity contribution is 5.76. The van der Waals surface area contributed by atoms with Crippen molar-refractivity contribution in [2.45, 2.75) is 20.8 Å². The third kappa shape index (κ3) is 1.45. The molecule has 0 radical (unpaired) electrons. The Kier molecular flexibility index (Phi) is 2.41. The third-order valence-corrected chi connectivity index (χ3v) is 4.46. The minimum absolute atomic E-state index is 0.0494. The Morgan fingerprint density at radius 1 is 0.889 bits per heavy atom. The number of hydrogen-bond donors (Lipinski definition) is 0. The maximum Gasteiger partial charge on any atom is 0.0343 e. The summed E-state index contributed by atoms with van der Waals surface area (Å²) < 4.78 is 0. The largest absolute Gasteiger partial charge is 0.0621 e. The molecule has 0 heterocycles. The molecule has 0 heteroatoms. The molecular weight excluding hydrogens is 216 g/mol. The van der Waals surface area contributed by atoms with Gasteiger partial charge in [0.25, 0.3) is 0 Å². The lowest BCUT2D eigenvalue weighted by molar-refractivity contribution is 0.591. The standard InChI is InChI=1S/C18H18/c1-13-7-6-10-17-12-16-9-5-4-8-15(16)11-14(2)18(13,17)3/h4-12H,1-3H3. The van der Waals surface area contributed by atoms with Crippen molar-refractivity contribution >= 4 is 12.2 Å². The molecule has 90 valence electrons. The zero-order valence-electron chi connectivity index (χ0n) is 11.2. The smallest absolute Gasteiger partial charge is 0.0343 e. The molecule has 2 aliphatic carbocycles. The monoisotopic (exact) mass is 234 g/mol. The molecule has 1 aromatic carbocycles. The summed E-state index contributed by atoms with van der Waals surface area (Å²) in [5.41, 5.74) is 6.90. The van der Waals surface area contributed by atoms with E-state index in [0.29, 0.717) is 0 Å². The molecule has 3 rings (SSSR count).